The molecule has 0 spiro atoms. The molecule has 0 saturated heterocycles. The van der Waals surface area contributed by atoms with Gasteiger partial charge in [-0.25, -0.2) is 4.79 Å². The van der Waals surface area contributed by atoms with Gasteiger partial charge in [0, 0.05) is 0 Å². The Morgan fingerprint density at radius 2 is 1.91 bits per heavy atom. The minimum atomic E-state index is -1.12. The first-order valence-electron chi connectivity index (χ1n) is 6.57. The molecular formula is C15H14N2O5S. The van der Waals surface area contributed by atoms with Gasteiger partial charge in [-0.3, -0.25) is 9.59 Å². The van der Waals surface area contributed by atoms with Gasteiger partial charge in [0.15, 0.2) is 6.10 Å². The van der Waals surface area contributed by atoms with Crippen molar-refractivity contribution < 1.29 is 24.2 Å². The number of ether oxygens (including phenoxy) is 1. The number of benzene rings is 1. The quantitative estimate of drug-likeness (QED) is 0.720. The third-order valence-electron chi connectivity index (χ3n) is 2.94. The number of carbonyl (C=O) groups excluding carboxylic acids is 3. The molecule has 0 fully saturated rings. The Morgan fingerprint density at radius 3 is 2.57 bits per heavy atom. The Labute approximate surface area is 135 Å². The van der Waals surface area contributed by atoms with Crippen LogP contribution in [0.5, 0.6) is 5.75 Å². The topological polar surface area (TPSA) is 119 Å². The molecule has 4 N–H and O–H groups in total. The fourth-order valence-electron chi connectivity index (χ4n) is 1.74. The summed E-state index contributed by atoms with van der Waals surface area (Å²) in [6.45, 7) is 1.38. The maximum Gasteiger partial charge on any atom is 0.342 e. The molecule has 8 heteroatoms. The Morgan fingerprint density at radius 1 is 1.22 bits per heavy atom. The lowest BCUT2D eigenvalue weighted by atomic mass is 10.2. The van der Waals surface area contributed by atoms with E-state index in [9.17, 15) is 19.5 Å². The van der Waals surface area contributed by atoms with Crippen LogP contribution < -0.4 is 11.1 Å². The van der Waals surface area contributed by atoms with Crippen molar-refractivity contribution in [1.82, 2.24) is 0 Å². The summed E-state index contributed by atoms with van der Waals surface area (Å²) in [5.74, 6) is -2.34. The second-order valence-corrected chi connectivity index (χ2v) is 5.50. The van der Waals surface area contributed by atoms with Gasteiger partial charge in [0.25, 0.3) is 11.8 Å². The Kier molecular flexibility index (Phi) is 4.97. The number of thiophene rings is 1. The van der Waals surface area contributed by atoms with E-state index in [0.717, 1.165) is 11.3 Å². The fraction of sp³-hybridized carbons (Fsp3) is 0.133. The van der Waals surface area contributed by atoms with Gasteiger partial charge in [-0.2, -0.15) is 0 Å². The van der Waals surface area contributed by atoms with Gasteiger partial charge in [-0.05, 0) is 30.5 Å². The van der Waals surface area contributed by atoms with Gasteiger partial charge in [0.2, 0.25) is 0 Å². The lowest BCUT2D eigenvalue weighted by molar-refractivity contribution is -0.123. The molecule has 2 aromatic rings. The highest BCUT2D eigenvalue weighted by Crippen LogP contribution is 2.23. The maximum atomic E-state index is 12.0. The number of para-hydroxylation sites is 1. The SMILES string of the molecule is C[C@@H](OC(=O)c1ccccc1O)C(=O)Nc1sccc1C(N)=O. The van der Waals surface area contributed by atoms with Gasteiger partial charge >= 0.3 is 5.97 Å². The first-order chi connectivity index (χ1) is 10.9. The summed E-state index contributed by atoms with van der Waals surface area (Å²) in [4.78, 5) is 35.2. The highest BCUT2D eigenvalue weighted by Gasteiger charge is 2.22. The zero-order valence-electron chi connectivity index (χ0n) is 12.1. The number of nitrogens with two attached hydrogens (primary N) is 1. The van der Waals surface area contributed by atoms with Crippen molar-refractivity contribution in [2.24, 2.45) is 5.73 Å². The summed E-state index contributed by atoms with van der Waals surface area (Å²) in [6.07, 6.45) is -1.12. The monoisotopic (exact) mass is 334 g/mol. The van der Waals surface area contributed by atoms with E-state index in [0.29, 0.717) is 0 Å². The molecule has 2 rings (SSSR count). The second-order valence-electron chi connectivity index (χ2n) is 4.58. The predicted molar refractivity (Wildman–Crippen MR) is 84.5 cm³/mol. The third kappa shape index (κ3) is 3.86. The lowest BCUT2D eigenvalue weighted by Gasteiger charge is -2.13. The molecule has 0 aliphatic carbocycles. The number of amides is 2. The number of phenols is 1. The number of anilines is 1. The minimum absolute atomic E-state index is 0.0406. The largest absolute Gasteiger partial charge is 0.507 e. The van der Waals surface area contributed by atoms with E-state index in [-0.39, 0.29) is 21.9 Å². The molecule has 1 atom stereocenters. The number of primary amides is 1. The van der Waals surface area contributed by atoms with Crippen LogP contribution in [-0.2, 0) is 9.53 Å². The van der Waals surface area contributed by atoms with E-state index in [4.69, 9.17) is 10.5 Å². The van der Waals surface area contributed by atoms with E-state index in [1.165, 1.54) is 25.1 Å². The van der Waals surface area contributed by atoms with Gasteiger partial charge in [0.1, 0.15) is 16.3 Å². The summed E-state index contributed by atoms with van der Waals surface area (Å²) in [5, 5.41) is 14.0. The Bertz CT molecular complexity index is 756. The number of phenolic OH excluding ortho intramolecular Hbond substituents is 1. The van der Waals surface area contributed by atoms with Crippen molar-refractivity contribution in [2.75, 3.05) is 5.32 Å². The number of aromatic hydroxyl groups is 1. The molecule has 120 valence electrons. The Hall–Kier alpha value is -2.87. The first kappa shape index (κ1) is 16.5. The van der Waals surface area contributed by atoms with E-state index in [1.54, 1.807) is 17.5 Å². The highest BCUT2D eigenvalue weighted by atomic mass is 32.1. The van der Waals surface area contributed by atoms with Crippen molar-refractivity contribution in [2.45, 2.75) is 13.0 Å². The maximum absolute atomic E-state index is 12.0. The van der Waals surface area contributed by atoms with Crippen molar-refractivity contribution in [3.05, 3.63) is 46.8 Å². The molecule has 23 heavy (non-hydrogen) atoms. The standard InChI is InChI=1S/C15H14N2O5S/c1-8(22-15(21)9-4-2-3-5-11(9)18)13(20)17-14-10(12(16)19)6-7-23-14/h2-8,18H,1H3,(H2,16,19)(H,17,20)/t8-/m1/s1. The molecule has 0 unspecified atom stereocenters. The molecule has 2 amide bonds. The number of rotatable bonds is 5. The van der Waals surface area contributed by atoms with Gasteiger partial charge in [-0.1, -0.05) is 12.1 Å². The van der Waals surface area contributed by atoms with Gasteiger partial charge < -0.3 is 20.9 Å². The van der Waals surface area contributed by atoms with Gasteiger partial charge in [-0.15, -0.1) is 11.3 Å². The average molecular weight is 334 g/mol. The lowest BCUT2D eigenvalue weighted by Crippen LogP contribution is -2.30. The van der Waals surface area contributed by atoms with Crippen LogP contribution in [0.1, 0.15) is 27.6 Å². The van der Waals surface area contributed by atoms with Crippen LogP contribution in [0.25, 0.3) is 0 Å². The summed E-state index contributed by atoms with van der Waals surface area (Å²) in [7, 11) is 0. The molecule has 7 nitrogen and oxygen atoms in total. The van der Waals surface area contributed by atoms with Crippen LogP contribution in [0.2, 0.25) is 0 Å². The molecule has 0 aliphatic rings. The number of carbonyl (C=O) groups is 3. The zero-order valence-corrected chi connectivity index (χ0v) is 12.9. The number of hydrogen-bond donors (Lipinski definition) is 3. The van der Waals surface area contributed by atoms with E-state index < -0.39 is 23.9 Å². The fourth-order valence-corrected chi connectivity index (χ4v) is 2.53. The van der Waals surface area contributed by atoms with E-state index in [2.05, 4.69) is 5.32 Å². The molecule has 0 saturated carbocycles. The highest BCUT2D eigenvalue weighted by molar-refractivity contribution is 7.14. The van der Waals surface area contributed by atoms with Gasteiger partial charge in [0.05, 0.1) is 5.56 Å². The second kappa shape index (κ2) is 6.93. The van der Waals surface area contributed by atoms with E-state index >= 15 is 0 Å². The summed E-state index contributed by atoms with van der Waals surface area (Å²) < 4.78 is 5.01. The smallest absolute Gasteiger partial charge is 0.342 e. The van der Waals surface area contributed by atoms with Crippen molar-refractivity contribution in [1.29, 1.82) is 0 Å². The van der Waals surface area contributed by atoms with Crippen LogP contribution in [-0.4, -0.2) is 29.0 Å². The molecule has 0 aliphatic heterocycles. The minimum Gasteiger partial charge on any atom is -0.507 e. The molecular weight excluding hydrogens is 320 g/mol. The molecule has 0 bridgehead atoms. The van der Waals surface area contributed by atoms with Crippen LogP contribution in [0.4, 0.5) is 5.00 Å². The normalized spacial score (nSPS) is 11.5. The number of esters is 1. The number of hydrogen-bond acceptors (Lipinski definition) is 6. The zero-order chi connectivity index (χ0) is 17.0. The first-order valence-corrected chi connectivity index (χ1v) is 7.45. The summed E-state index contributed by atoms with van der Waals surface area (Å²) in [5.41, 5.74) is 5.33. The summed E-state index contributed by atoms with van der Waals surface area (Å²) in [6, 6.07) is 7.33. The van der Waals surface area contributed by atoms with Crippen LogP contribution >= 0.6 is 11.3 Å². The van der Waals surface area contributed by atoms with Crippen molar-refractivity contribution in [3.8, 4) is 5.75 Å². The van der Waals surface area contributed by atoms with Crippen molar-refractivity contribution >= 4 is 34.1 Å². The van der Waals surface area contributed by atoms with Crippen molar-refractivity contribution in [3.63, 3.8) is 0 Å². The average Bonchev–Trinajstić information content (AvgIpc) is 2.95. The number of nitrogens with one attached hydrogen (secondary N) is 1. The van der Waals surface area contributed by atoms with E-state index in [1.807, 2.05) is 0 Å². The summed E-state index contributed by atoms with van der Waals surface area (Å²) >= 11 is 1.13. The van der Waals surface area contributed by atoms with Crippen LogP contribution in [0.15, 0.2) is 35.7 Å². The Balaban J connectivity index is 2.03. The molecule has 1 heterocycles. The van der Waals surface area contributed by atoms with Crippen LogP contribution in [0, 0.1) is 0 Å². The molecule has 0 radical (unpaired) electrons. The van der Waals surface area contributed by atoms with Crippen LogP contribution in [0.3, 0.4) is 0 Å². The molecule has 1 aromatic carbocycles. The molecule has 1 aromatic heterocycles. The predicted octanol–water partition coefficient (Wildman–Crippen LogP) is 1.74. The third-order valence-corrected chi connectivity index (χ3v) is 3.77.